The van der Waals surface area contributed by atoms with Gasteiger partial charge in [-0.15, -0.1) is 0 Å². The van der Waals surface area contributed by atoms with Gasteiger partial charge in [-0.2, -0.15) is 5.26 Å². The minimum Gasteiger partial charge on any atom is -0.373 e. The summed E-state index contributed by atoms with van der Waals surface area (Å²) >= 11 is 0. The zero-order valence-corrected chi connectivity index (χ0v) is 5.96. The first kappa shape index (κ1) is 6.38. The zero-order chi connectivity index (χ0) is 7.68. The maximum absolute atomic E-state index is 8.65. The number of nitrogens with one attached hydrogen (secondary N) is 2. The lowest BCUT2D eigenvalue weighted by atomic mass is 10.1. The molecule has 0 bridgehead atoms. The molecule has 56 valence electrons. The van der Waals surface area contributed by atoms with Crippen LogP contribution in [0.2, 0.25) is 0 Å². The molecule has 1 atom stereocenters. The van der Waals surface area contributed by atoms with E-state index in [4.69, 9.17) is 5.26 Å². The van der Waals surface area contributed by atoms with Gasteiger partial charge < -0.3 is 5.32 Å². The Kier molecular flexibility index (Phi) is 1.37. The molecule has 1 fully saturated rings. The molecule has 0 aliphatic carbocycles. The number of rotatable bonds is 0. The molecule has 0 aromatic carbocycles. The minimum atomic E-state index is 0.151. The first-order chi connectivity index (χ1) is 5.42. The average Bonchev–Trinajstić information content (AvgIpc) is 2.47. The zero-order valence-electron chi connectivity index (χ0n) is 5.96. The topological polar surface area (TPSA) is 60.2 Å². The van der Waals surface area contributed by atoms with Gasteiger partial charge in [0.05, 0.1) is 17.9 Å². The molecular formula is C7H8N4. The summed E-state index contributed by atoms with van der Waals surface area (Å²) in [7, 11) is 0. The Bertz CT molecular complexity index is 271. The fourth-order valence-corrected chi connectivity index (χ4v) is 1.31. The predicted molar refractivity (Wildman–Crippen MR) is 40.9 cm³/mol. The summed E-state index contributed by atoms with van der Waals surface area (Å²) < 4.78 is 0. The van der Waals surface area contributed by atoms with Crippen LogP contribution in [-0.4, -0.2) is 25.5 Å². The van der Waals surface area contributed by atoms with Gasteiger partial charge in [0, 0.05) is 12.8 Å². The maximum atomic E-state index is 8.65. The lowest BCUT2D eigenvalue weighted by Gasteiger charge is -2.21. The van der Waals surface area contributed by atoms with E-state index in [0.29, 0.717) is 5.57 Å². The molecule has 4 heteroatoms. The van der Waals surface area contributed by atoms with Crippen LogP contribution in [0.5, 0.6) is 0 Å². The Labute approximate surface area is 64.6 Å². The highest BCUT2D eigenvalue weighted by atomic mass is 15.2. The van der Waals surface area contributed by atoms with Crippen LogP contribution in [0.1, 0.15) is 0 Å². The summed E-state index contributed by atoms with van der Waals surface area (Å²) in [6.07, 6.45) is 1.64. The fraction of sp³-hybridized carbons (Fsp3) is 0.429. The van der Waals surface area contributed by atoms with E-state index < -0.39 is 0 Å². The van der Waals surface area contributed by atoms with E-state index >= 15 is 0 Å². The van der Waals surface area contributed by atoms with Crippen molar-refractivity contribution in [1.29, 1.82) is 5.26 Å². The van der Waals surface area contributed by atoms with Gasteiger partial charge in [-0.05, 0) is 0 Å². The molecule has 0 saturated carbocycles. The first-order valence-electron chi connectivity index (χ1n) is 3.54. The van der Waals surface area contributed by atoms with Gasteiger partial charge in [-0.1, -0.05) is 0 Å². The Morgan fingerprint density at radius 1 is 1.73 bits per heavy atom. The van der Waals surface area contributed by atoms with Crippen LogP contribution < -0.4 is 10.6 Å². The minimum absolute atomic E-state index is 0.151. The van der Waals surface area contributed by atoms with Crippen LogP contribution in [0.15, 0.2) is 16.3 Å². The fourth-order valence-electron chi connectivity index (χ4n) is 1.31. The van der Waals surface area contributed by atoms with Crippen molar-refractivity contribution in [3.63, 3.8) is 0 Å². The van der Waals surface area contributed by atoms with E-state index in [1.54, 1.807) is 6.21 Å². The number of nitrogens with zero attached hydrogens (tertiary/aromatic N) is 2. The number of hydrogen-bond acceptors (Lipinski definition) is 4. The second-order valence-electron chi connectivity index (χ2n) is 2.54. The molecular weight excluding hydrogens is 140 g/mol. The van der Waals surface area contributed by atoms with E-state index in [2.05, 4.69) is 21.7 Å². The highest BCUT2D eigenvalue weighted by Crippen LogP contribution is 2.15. The van der Waals surface area contributed by atoms with Gasteiger partial charge in [-0.3, -0.25) is 10.3 Å². The average molecular weight is 148 g/mol. The Balaban J connectivity index is 2.31. The number of fused-ring (bicyclic) bond motifs is 1. The van der Waals surface area contributed by atoms with Crippen molar-refractivity contribution in [2.45, 2.75) is 6.04 Å². The SMILES string of the molecule is N#CC1=C2NCNCC2N=C1. The lowest BCUT2D eigenvalue weighted by molar-refractivity contribution is 0.513. The summed E-state index contributed by atoms with van der Waals surface area (Å²) in [5.74, 6) is 0. The van der Waals surface area contributed by atoms with Gasteiger partial charge in [0.1, 0.15) is 12.1 Å². The second kappa shape index (κ2) is 2.36. The monoisotopic (exact) mass is 148 g/mol. The lowest BCUT2D eigenvalue weighted by Crippen LogP contribution is -2.43. The van der Waals surface area contributed by atoms with Crippen LogP contribution in [0.4, 0.5) is 0 Å². The van der Waals surface area contributed by atoms with Crippen molar-refractivity contribution in [2.75, 3.05) is 13.2 Å². The van der Waals surface area contributed by atoms with Crippen molar-refractivity contribution >= 4 is 6.21 Å². The standard InChI is InChI=1S/C7H8N4/c8-1-5-2-10-6-3-9-4-11-7(5)6/h2,6,9,11H,3-4H2. The Hall–Kier alpha value is -1.34. The summed E-state index contributed by atoms with van der Waals surface area (Å²) in [4.78, 5) is 4.16. The molecule has 1 saturated heterocycles. The largest absolute Gasteiger partial charge is 0.373 e. The highest BCUT2D eigenvalue weighted by molar-refractivity contribution is 5.88. The third-order valence-corrected chi connectivity index (χ3v) is 1.87. The van der Waals surface area contributed by atoms with Crippen LogP contribution in [0.3, 0.4) is 0 Å². The van der Waals surface area contributed by atoms with Crippen molar-refractivity contribution in [2.24, 2.45) is 4.99 Å². The summed E-state index contributed by atoms with van der Waals surface area (Å²) in [6, 6.07) is 2.25. The molecule has 2 heterocycles. The number of hydrogen-bond donors (Lipinski definition) is 2. The smallest absolute Gasteiger partial charge is 0.103 e. The van der Waals surface area contributed by atoms with Gasteiger partial charge in [0.25, 0.3) is 0 Å². The highest BCUT2D eigenvalue weighted by Gasteiger charge is 2.24. The molecule has 0 amide bonds. The van der Waals surface area contributed by atoms with E-state index in [0.717, 1.165) is 18.9 Å². The molecule has 0 radical (unpaired) electrons. The molecule has 1 unspecified atom stereocenters. The number of nitriles is 1. The van der Waals surface area contributed by atoms with E-state index in [1.807, 2.05) is 0 Å². The van der Waals surface area contributed by atoms with Crippen LogP contribution in [0.25, 0.3) is 0 Å². The molecule has 2 rings (SSSR count). The van der Waals surface area contributed by atoms with Gasteiger partial charge in [0.15, 0.2) is 0 Å². The van der Waals surface area contributed by atoms with Crippen molar-refractivity contribution in [3.8, 4) is 6.07 Å². The normalized spacial score (nSPS) is 27.7. The first-order valence-corrected chi connectivity index (χ1v) is 3.54. The van der Waals surface area contributed by atoms with E-state index in [9.17, 15) is 0 Å². The molecule has 0 aromatic rings. The van der Waals surface area contributed by atoms with Crippen LogP contribution >= 0.6 is 0 Å². The van der Waals surface area contributed by atoms with Crippen LogP contribution in [0, 0.1) is 11.3 Å². The third-order valence-electron chi connectivity index (χ3n) is 1.87. The second-order valence-corrected chi connectivity index (χ2v) is 2.54. The molecule has 0 aromatic heterocycles. The molecule has 2 aliphatic rings. The summed E-state index contributed by atoms with van der Waals surface area (Å²) in [5.41, 5.74) is 1.66. The third kappa shape index (κ3) is 0.900. The van der Waals surface area contributed by atoms with E-state index in [-0.39, 0.29) is 6.04 Å². The molecule has 4 nitrogen and oxygen atoms in total. The molecule has 0 spiro atoms. The Morgan fingerprint density at radius 2 is 2.64 bits per heavy atom. The van der Waals surface area contributed by atoms with Crippen molar-refractivity contribution in [3.05, 3.63) is 11.3 Å². The molecule has 11 heavy (non-hydrogen) atoms. The number of allylic oxidation sites excluding steroid dienone is 1. The summed E-state index contributed by atoms with van der Waals surface area (Å²) in [6.45, 7) is 1.57. The Morgan fingerprint density at radius 3 is 3.45 bits per heavy atom. The number of aliphatic imine (C=N–C) groups is 1. The summed E-state index contributed by atoms with van der Waals surface area (Å²) in [5, 5.41) is 14.9. The predicted octanol–water partition coefficient (Wildman–Crippen LogP) is -0.633. The van der Waals surface area contributed by atoms with Crippen molar-refractivity contribution in [1.82, 2.24) is 10.6 Å². The van der Waals surface area contributed by atoms with Gasteiger partial charge in [0.2, 0.25) is 0 Å². The van der Waals surface area contributed by atoms with Crippen molar-refractivity contribution < 1.29 is 0 Å². The van der Waals surface area contributed by atoms with Gasteiger partial charge in [-0.25, -0.2) is 0 Å². The molecule has 2 aliphatic heterocycles. The van der Waals surface area contributed by atoms with Gasteiger partial charge >= 0.3 is 0 Å². The maximum Gasteiger partial charge on any atom is 0.103 e. The van der Waals surface area contributed by atoms with E-state index in [1.165, 1.54) is 0 Å². The van der Waals surface area contributed by atoms with Crippen LogP contribution in [-0.2, 0) is 0 Å². The molecule has 2 N–H and O–H groups in total. The quantitative estimate of drug-likeness (QED) is 0.480.